The van der Waals surface area contributed by atoms with Crippen molar-refractivity contribution in [2.75, 3.05) is 12.4 Å². The number of amides is 1. The van der Waals surface area contributed by atoms with Gasteiger partial charge < -0.3 is 20.1 Å². The largest absolute Gasteiger partial charge is 0.573 e. The molecule has 0 aromatic heterocycles. The molecule has 26 heavy (non-hydrogen) atoms. The van der Waals surface area contributed by atoms with Crippen LogP contribution < -0.4 is 15.4 Å². The number of esters is 1. The third-order valence-corrected chi connectivity index (χ3v) is 2.98. The maximum absolute atomic E-state index is 13.5. The first-order valence-corrected chi connectivity index (χ1v) is 6.94. The number of methoxy groups -OCH3 is 1. The monoisotopic (exact) mass is 388 g/mol. The lowest BCUT2D eigenvalue weighted by atomic mass is 10.1. The molecule has 1 rings (SSSR count). The zero-order valence-electron chi connectivity index (χ0n) is 13.4. The highest BCUT2D eigenvalue weighted by Crippen LogP contribution is 2.34. The van der Waals surface area contributed by atoms with Gasteiger partial charge in [0, 0.05) is 12.1 Å². The fourth-order valence-corrected chi connectivity index (χ4v) is 1.80. The maximum Gasteiger partial charge on any atom is 0.573 e. The number of benzene rings is 1. The molecule has 0 radical (unpaired) electrons. The molecule has 6 nitrogen and oxygen atoms in total. The van der Waals surface area contributed by atoms with E-state index in [2.05, 4.69) is 9.47 Å². The third kappa shape index (κ3) is 5.17. The molecule has 0 saturated heterocycles. The van der Waals surface area contributed by atoms with E-state index < -0.39 is 41.5 Å². The summed E-state index contributed by atoms with van der Waals surface area (Å²) in [6.07, 6.45) is -10.7. The predicted octanol–water partition coefficient (Wildman–Crippen LogP) is 2.95. The highest BCUT2D eigenvalue weighted by atomic mass is 19.4. The summed E-state index contributed by atoms with van der Waals surface area (Å²) < 4.78 is 84.7. The molecule has 0 saturated carbocycles. The van der Waals surface area contributed by atoms with Gasteiger partial charge in [0.05, 0.1) is 7.11 Å². The van der Waals surface area contributed by atoms with Crippen LogP contribution in [0.15, 0.2) is 24.3 Å². The van der Waals surface area contributed by atoms with E-state index in [0.29, 0.717) is 7.11 Å². The van der Waals surface area contributed by atoms with E-state index in [0.717, 1.165) is 24.3 Å². The number of anilines is 1. The minimum absolute atomic E-state index is 0.366. The van der Waals surface area contributed by atoms with Crippen molar-refractivity contribution >= 4 is 17.6 Å². The first-order valence-electron chi connectivity index (χ1n) is 6.94. The van der Waals surface area contributed by atoms with Gasteiger partial charge in [0.25, 0.3) is 0 Å². The topological polar surface area (TPSA) is 76.7 Å². The van der Waals surface area contributed by atoms with Crippen LogP contribution in [0.4, 0.5) is 32.0 Å². The number of alkyl halides is 6. The van der Waals surface area contributed by atoms with Crippen molar-refractivity contribution in [1.82, 2.24) is 5.32 Å². The number of hydrogen-bond acceptors (Lipinski definition) is 5. The molecule has 12 heteroatoms. The molecule has 1 aromatic rings. The smallest absolute Gasteiger partial charge is 0.466 e. The maximum atomic E-state index is 13.5. The zero-order chi connectivity index (χ0) is 20.2. The molecule has 0 unspecified atom stereocenters. The molecule has 2 N–H and O–H groups in total. The summed E-state index contributed by atoms with van der Waals surface area (Å²) in [5.41, 5.74) is -4.04. The van der Waals surface area contributed by atoms with Crippen LogP contribution in [0.2, 0.25) is 0 Å². The molecule has 0 heterocycles. The third-order valence-electron chi connectivity index (χ3n) is 2.98. The molecule has 1 amide bonds. The molecular weight excluding hydrogens is 374 g/mol. The molecule has 146 valence electrons. The van der Waals surface area contributed by atoms with Crippen molar-refractivity contribution in [3.05, 3.63) is 24.3 Å². The summed E-state index contributed by atoms with van der Waals surface area (Å²) in [5.74, 6) is -3.66. The first-order chi connectivity index (χ1) is 11.8. The van der Waals surface area contributed by atoms with Gasteiger partial charge in [-0.15, -0.1) is 13.2 Å². The molecule has 1 atom stereocenters. The fourth-order valence-electron chi connectivity index (χ4n) is 1.80. The number of rotatable bonds is 6. The molecule has 0 spiro atoms. The van der Waals surface area contributed by atoms with Gasteiger partial charge in [-0.2, -0.15) is 13.2 Å². The zero-order valence-corrected chi connectivity index (χ0v) is 13.4. The lowest BCUT2D eigenvalue weighted by Gasteiger charge is -2.35. The van der Waals surface area contributed by atoms with Gasteiger partial charge >= 0.3 is 24.2 Å². The highest BCUT2D eigenvalue weighted by molar-refractivity contribution is 5.91. The Balaban J connectivity index is 3.23. The second kappa shape index (κ2) is 7.70. The second-order valence-electron chi connectivity index (χ2n) is 4.84. The van der Waals surface area contributed by atoms with Gasteiger partial charge in [0.15, 0.2) is 0 Å². The van der Waals surface area contributed by atoms with E-state index in [-0.39, 0.29) is 6.42 Å². The van der Waals surface area contributed by atoms with Crippen LogP contribution >= 0.6 is 0 Å². The summed E-state index contributed by atoms with van der Waals surface area (Å²) >= 11 is 0. The number of carbonyl (C=O) groups excluding carboxylic acids is 2. The minimum Gasteiger partial charge on any atom is -0.466 e. The molecule has 0 aliphatic heterocycles. The average molecular weight is 388 g/mol. The van der Waals surface area contributed by atoms with Gasteiger partial charge in [0.2, 0.25) is 5.91 Å². The van der Waals surface area contributed by atoms with Crippen molar-refractivity contribution in [3.63, 3.8) is 0 Å². The SMILES string of the molecule is CCC(=O)N[C@](Nc1ccc(OC(F)(F)F)cc1)(C(=O)OC)C(F)(F)F. The second-order valence-corrected chi connectivity index (χ2v) is 4.84. The molecule has 0 aliphatic rings. The summed E-state index contributed by atoms with van der Waals surface area (Å²) in [4.78, 5) is 23.3. The Morgan fingerprint density at radius 3 is 1.96 bits per heavy atom. The molecular formula is C14H14F6N2O4. The van der Waals surface area contributed by atoms with E-state index in [4.69, 9.17) is 0 Å². The van der Waals surface area contributed by atoms with Crippen LogP contribution in [0, 0.1) is 0 Å². The van der Waals surface area contributed by atoms with Crippen molar-refractivity contribution in [1.29, 1.82) is 0 Å². The Morgan fingerprint density at radius 2 is 1.58 bits per heavy atom. The summed E-state index contributed by atoms with van der Waals surface area (Å²) in [6, 6.07) is 3.08. The van der Waals surface area contributed by atoms with Crippen LogP contribution in [0.25, 0.3) is 0 Å². The normalized spacial score (nSPS) is 14.2. The van der Waals surface area contributed by atoms with E-state index >= 15 is 0 Å². The van der Waals surface area contributed by atoms with Crippen molar-refractivity contribution in [2.24, 2.45) is 0 Å². The van der Waals surface area contributed by atoms with Crippen molar-refractivity contribution < 1.29 is 45.4 Å². The number of carbonyl (C=O) groups is 2. The fraction of sp³-hybridized carbons (Fsp3) is 0.429. The van der Waals surface area contributed by atoms with Gasteiger partial charge in [-0.1, -0.05) is 6.92 Å². The molecule has 0 fully saturated rings. The van der Waals surface area contributed by atoms with Crippen molar-refractivity contribution in [3.8, 4) is 5.75 Å². The molecule has 1 aromatic carbocycles. The number of nitrogens with one attached hydrogen (secondary N) is 2. The average Bonchev–Trinajstić information content (AvgIpc) is 2.52. The Labute approximate surface area is 143 Å². The van der Waals surface area contributed by atoms with Crippen LogP contribution in [-0.2, 0) is 14.3 Å². The van der Waals surface area contributed by atoms with Crippen molar-refractivity contribution in [2.45, 2.75) is 31.5 Å². The van der Waals surface area contributed by atoms with Crippen LogP contribution in [0.1, 0.15) is 13.3 Å². The Hall–Kier alpha value is -2.66. The number of hydrogen-bond donors (Lipinski definition) is 2. The van der Waals surface area contributed by atoms with Crippen LogP contribution in [0.5, 0.6) is 5.75 Å². The lowest BCUT2D eigenvalue weighted by molar-refractivity contribution is -0.274. The summed E-state index contributed by atoms with van der Waals surface area (Å²) in [5, 5.41) is 3.28. The highest BCUT2D eigenvalue weighted by Gasteiger charge is 2.63. The van der Waals surface area contributed by atoms with Gasteiger partial charge in [0.1, 0.15) is 5.75 Å². The van der Waals surface area contributed by atoms with Gasteiger partial charge in [-0.05, 0) is 24.3 Å². The first kappa shape index (κ1) is 21.4. The summed E-state index contributed by atoms with van der Waals surface area (Å²) in [6.45, 7) is 1.26. The van der Waals surface area contributed by atoms with Gasteiger partial charge in [-0.3, -0.25) is 4.79 Å². The Bertz CT molecular complexity index is 644. The Morgan fingerprint density at radius 1 is 1.04 bits per heavy atom. The quantitative estimate of drug-likeness (QED) is 0.445. The predicted molar refractivity (Wildman–Crippen MR) is 76.0 cm³/mol. The summed E-state index contributed by atoms with van der Waals surface area (Å²) in [7, 11) is 0.683. The van der Waals surface area contributed by atoms with Crippen LogP contribution in [0.3, 0.4) is 0 Å². The standard InChI is InChI=1S/C14H14F6N2O4/c1-3-10(23)22-12(11(24)25-2,13(15,16)17)21-8-4-6-9(7-5-8)26-14(18,19)20/h4-7,21H,3H2,1-2H3,(H,22,23)/t12-/m1/s1. The number of ether oxygens (including phenoxy) is 2. The minimum atomic E-state index is -5.33. The lowest BCUT2D eigenvalue weighted by Crippen LogP contribution is -2.69. The van der Waals surface area contributed by atoms with E-state index in [1.165, 1.54) is 12.2 Å². The van der Waals surface area contributed by atoms with E-state index in [1.807, 2.05) is 0 Å². The van der Waals surface area contributed by atoms with Crippen LogP contribution in [-0.4, -0.2) is 37.2 Å². The van der Waals surface area contributed by atoms with Gasteiger partial charge in [-0.25, -0.2) is 4.79 Å². The molecule has 0 aliphatic carbocycles. The molecule has 0 bridgehead atoms. The van der Waals surface area contributed by atoms with E-state index in [1.54, 1.807) is 5.32 Å². The Kier molecular flexibility index (Phi) is 6.34. The van der Waals surface area contributed by atoms with E-state index in [9.17, 15) is 35.9 Å². The number of halogens is 6.